The van der Waals surface area contributed by atoms with E-state index in [1.54, 1.807) is 18.2 Å². The van der Waals surface area contributed by atoms with Gasteiger partial charge in [-0.25, -0.2) is 4.79 Å². The Bertz CT molecular complexity index is 651. The predicted octanol–water partition coefficient (Wildman–Crippen LogP) is 1.49. The third-order valence-electron chi connectivity index (χ3n) is 2.56. The topological polar surface area (TPSA) is 112 Å². The molecule has 1 aromatic rings. The second-order valence-electron chi connectivity index (χ2n) is 3.94. The Labute approximate surface area is 122 Å². The van der Waals surface area contributed by atoms with Crippen molar-refractivity contribution in [3.8, 4) is 6.07 Å². The normalized spacial score (nSPS) is 16.8. The SMILES string of the molecule is N#Cc1ccc(NC(=O)C2CC(C(=O)O)=NO2)c(Br)c1. The molecule has 7 nitrogen and oxygen atoms in total. The van der Waals surface area contributed by atoms with Crippen molar-refractivity contribution in [1.29, 1.82) is 5.26 Å². The van der Waals surface area contributed by atoms with Gasteiger partial charge in [0.1, 0.15) is 0 Å². The van der Waals surface area contributed by atoms with Crippen molar-refractivity contribution in [2.24, 2.45) is 5.16 Å². The summed E-state index contributed by atoms with van der Waals surface area (Å²) >= 11 is 3.23. The Morgan fingerprint density at radius 1 is 1.55 bits per heavy atom. The van der Waals surface area contributed by atoms with Crippen molar-refractivity contribution in [2.75, 3.05) is 5.32 Å². The molecule has 0 radical (unpaired) electrons. The summed E-state index contributed by atoms with van der Waals surface area (Å²) in [5.41, 5.74) is 0.717. The second kappa shape index (κ2) is 5.71. The molecule has 1 unspecified atom stereocenters. The van der Waals surface area contributed by atoms with Crippen LogP contribution in [0.25, 0.3) is 0 Å². The van der Waals surface area contributed by atoms with Crippen LogP contribution in [0.2, 0.25) is 0 Å². The highest BCUT2D eigenvalue weighted by Crippen LogP contribution is 2.24. The number of nitrogens with one attached hydrogen (secondary N) is 1. The highest BCUT2D eigenvalue weighted by molar-refractivity contribution is 9.10. The van der Waals surface area contributed by atoms with Crippen LogP contribution in [0, 0.1) is 11.3 Å². The van der Waals surface area contributed by atoms with Gasteiger partial charge in [-0.2, -0.15) is 5.26 Å². The predicted molar refractivity (Wildman–Crippen MR) is 72.0 cm³/mol. The molecule has 102 valence electrons. The van der Waals surface area contributed by atoms with Crippen molar-refractivity contribution in [3.05, 3.63) is 28.2 Å². The minimum absolute atomic E-state index is 0.0882. The van der Waals surface area contributed by atoms with Gasteiger partial charge in [-0.05, 0) is 34.1 Å². The molecule has 2 N–H and O–H groups in total. The molecule has 1 aliphatic heterocycles. The van der Waals surface area contributed by atoms with Crippen molar-refractivity contribution in [3.63, 3.8) is 0 Å². The van der Waals surface area contributed by atoms with Crippen molar-refractivity contribution in [2.45, 2.75) is 12.5 Å². The summed E-state index contributed by atoms with van der Waals surface area (Å²) in [6.45, 7) is 0. The van der Waals surface area contributed by atoms with E-state index in [-0.39, 0.29) is 12.1 Å². The van der Waals surface area contributed by atoms with Gasteiger partial charge < -0.3 is 15.3 Å². The molecule has 0 spiro atoms. The molecule has 0 saturated carbocycles. The lowest BCUT2D eigenvalue weighted by Gasteiger charge is -2.10. The molecule has 1 heterocycles. The fraction of sp³-hybridized carbons (Fsp3) is 0.167. The molecule has 2 rings (SSSR count). The largest absolute Gasteiger partial charge is 0.477 e. The highest BCUT2D eigenvalue weighted by atomic mass is 79.9. The molecule has 8 heteroatoms. The van der Waals surface area contributed by atoms with Crippen LogP contribution < -0.4 is 5.32 Å². The maximum atomic E-state index is 11.9. The van der Waals surface area contributed by atoms with Gasteiger partial charge in [-0.1, -0.05) is 5.16 Å². The van der Waals surface area contributed by atoms with E-state index in [1.165, 1.54) is 0 Å². The number of benzene rings is 1. The Balaban J connectivity index is 2.03. The number of anilines is 1. The summed E-state index contributed by atoms with van der Waals surface area (Å²) in [5, 5.41) is 23.4. The van der Waals surface area contributed by atoms with Gasteiger partial charge in [-0.3, -0.25) is 4.79 Å². The average Bonchev–Trinajstić information content (AvgIpc) is 2.91. The van der Waals surface area contributed by atoms with Gasteiger partial charge in [0.15, 0.2) is 5.71 Å². The number of amides is 1. The van der Waals surface area contributed by atoms with E-state index < -0.39 is 18.0 Å². The number of hydrogen-bond donors (Lipinski definition) is 2. The van der Waals surface area contributed by atoms with E-state index in [4.69, 9.17) is 15.2 Å². The maximum absolute atomic E-state index is 11.9. The number of hydrogen-bond acceptors (Lipinski definition) is 5. The van der Waals surface area contributed by atoms with Gasteiger partial charge in [0.05, 0.1) is 17.3 Å². The molecule has 1 aromatic carbocycles. The van der Waals surface area contributed by atoms with E-state index in [9.17, 15) is 9.59 Å². The van der Waals surface area contributed by atoms with Gasteiger partial charge in [0.25, 0.3) is 5.91 Å². The van der Waals surface area contributed by atoms with Crippen molar-refractivity contribution < 1.29 is 19.5 Å². The first kappa shape index (κ1) is 14.0. The third kappa shape index (κ3) is 2.95. The summed E-state index contributed by atoms with van der Waals surface area (Å²) in [6, 6.07) is 6.65. The fourth-order valence-corrected chi connectivity index (χ4v) is 2.02. The van der Waals surface area contributed by atoms with Gasteiger partial charge in [-0.15, -0.1) is 0 Å². The van der Waals surface area contributed by atoms with Crippen LogP contribution in [0.5, 0.6) is 0 Å². The minimum atomic E-state index is -1.21. The Morgan fingerprint density at radius 3 is 2.85 bits per heavy atom. The number of aliphatic carboxylic acids is 1. The maximum Gasteiger partial charge on any atom is 0.353 e. The fourth-order valence-electron chi connectivity index (χ4n) is 1.54. The summed E-state index contributed by atoms with van der Waals surface area (Å²) in [6.07, 6.45) is -1.06. The first-order valence-corrected chi connectivity index (χ1v) is 6.27. The zero-order valence-corrected chi connectivity index (χ0v) is 11.5. The molecular weight excluding hydrogens is 330 g/mol. The molecule has 1 aliphatic rings. The van der Waals surface area contributed by atoms with E-state index in [1.807, 2.05) is 6.07 Å². The molecule has 1 atom stereocenters. The van der Waals surface area contributed by atoms with Crippen LogP contribution in [0.15, 0.2) is 27.8 Å². The van der Waals surface area contributed by atoms with E-state index >= 15 is 0 Å². The number of carbonyl (C=O) groups excluding carboxylic acids is 1. The molecule has 0 aromatic heterocycles. The minimum Gasteiger partial charge on any atom is -0.477 e. The van der Waals surface area contributed by atoms with Crippen LogP contribution in [0.3, 0.4) is 0 Å². The number of carboxylic acid groups (broad SMARTS) is 1. The molecule has 0 aliphatic carbocycles. The highest BCUT2D eigenvalue weighted by Gasteiger charge is 2.31. The van der Waals surface area contributed by atoms with Crippen LogP contribution in [0.1, 0.15) is 12.0 Å². The standard InChI is InChI=1S/C12H8BrN3O4/c13-7-3-6(5-14)1-2-8(7)15-11(17)10-4-9(12(18)19)16-20-10/h1-3,10H,4H2,(H,15,17)(H,18,19). The molecular formula is C12H8BrN3O4. The van der Waals surface area contributed by atoms with E-state index in [0.29, 0.717) is 15.7 Å². The quantitative estimate of drug-likeness (QED) is 0.867. The Hall–Kier alpha value is -2.40. The van der Waals surface area contributed by atoms with Gasteiger partial charge in [0, 0.05) is 10.9 Å². The molecule has 0 saturated heterocycles. The van der Waals surface area contributed by atoms with Gasteiger partial charge in [0.2, 0.25) is 6.10 Å². The molecule has 1 amide bonds. The zero-order valence-electron chi connectivity index (χ0n) is 9.96. The summed E-state index contributed by atoms with van der Waals surface area (Å²) in [7, 11) is 0. The molecule has 0 fully saturated rings. The summed E-state index contributed by atoms with van der Waals surface area (Å²) in [4.78, 5) is 27.3. The Kier molecular flexibility index (Phi) is 4.00. The summed E-state index contributed by atoms with van der Waals surface area (Å²) in [5.74, 6) is -1.71. The van der Waals surface area contributed by atoms with Crippen LogP contribution in [-0.4, -0.2) is 28.8 Å². The third-order valence-corrected chi connectivity index (χ3v) is 3.22. The molecule has 0 bridgehead atoms. The number of rotatable bonds is 3. The van der Waals surface area contributed by atoms with Gasteiger partial charge >= 0.3 is 5.97 Å². The van der Waals surface area contributed by atoms with E-state index in [2.05, 4.69) is 26.4 Å². The lowest BCUT2D eigenvalue weighted by Crippen LogP contribution is -2.29. The van der Waals surface area contributed by atoms with Crippen molar-refractivity contribution in [1.82, 2.24) is 0 Å². The number of halogens is 1. The second-order valence-corrected chi connectivity index (χ2v) is 4.79. The first-order valence-electron chi connectivity index (χ1n) is 5.47. The van der Waals surface area contributed by atoms with Crippen molar-refractivity contribution >= 4 is 39.2 Å². The van der Waals surface area contributed by atoms with Crippen LogP contribution in [-0.2, 0) is 14.4 Å². The molecule has 20 heavy (non-hydrogen) atoms. The monoisotopic (exact) mass is 337 g/mol. The smallest absolute Gasteiger partial charge is 0.353 e. The lowest BCUT2D eigenvalue weighted by atomic mass is 10.1. The zero-order chi connectivity index (χ0) is 14.7. The number of oxime groups is 1. The Morgan fingerprint density at radius 2 is 2.30 bits per heavy atom. The van der Waals surface area contributed by atoms with Crippen LogP contribution >= 0.6 is 15.9 Å². The number of carbonyl (C=O) groups is 2. The summed E-state index contributed by atoms with van der Waals surface area (Å²) < 4.78 is 0.544. The number of nitrogens with zero attached hydrogens (tertiary/aromatic N) is 2. The number of nitriles is 1. The average molecular weight is 338 g/mol. The van der Waals surface area contributed by atoms with Crippen LogP contribution in [0.4, 0.5) is 5.69 Å². The number of carboxylic acids is 1. The lowest BCUT2D eigenvalue weighted by molar-refractivity contribution is -0.129. The first-order chi connectivity index (χ1) is 9.51. The van der Waals surface area contributed by atoms with E-state index in [0.717, 1.165) is 0 Å².